The highest BCUT2D eigenvalue weighted by atomic mass is 16.4. The summed E-state index contributed by atoms with van der Waals surface area (Å²) in [6.45, 7) is 3.57. The van der Waals surface area contributed by atoms with Crippen LogP contribution in [0.5, 0.6) is 0 Å². The normalized spacial score (nSPS) is 10.1. The molecule has 4 nitrogen and oxygen atoms in total. The van der Waals surface area contributed by atoms with E-state index in [0.29, 0.717) is 18.3 Å². The van der Waals surface area contributed by atoms with Crippen LogP contribution in [-0.2, 0) is 6.54 Å². The van der Waals surface area contributed by atoms with Crippen molar-refractivity contribution in [3.63, 3.8) is 0 Å². The van der Waals surface area contributed by atoms with Gasteiger partial charge in [0.2, 0.25) is 11.8 Å². The van der Waals surface area contributed by atoms with Gasteiger partial charge in [0.15, 0.2) is 0 Å². The molecule has 0 saturated heterocycles. The number of hydrogen-bond acceptors (Lipinski definition) is 4. The highest BCUT2D eigenvalue weighted by molar-refractivity contribution is 5.17. The van der Waals surface area contributed by atoms with Gasteiger partial charge in [-0.2, -0.15) is 0 Å². The van der Waals surface area contributed by atoms with Crippen LogP contribution in [0.1, 0.15) is 12.8 Å². The molecule has 1 aromatic heterocycles. The van der Waals surface area contributed by atoms with Gasteiger partial charge in [-0.05, 0) is 6.54 Å². The number of anilines is 1. The summed E-state index contributed by atoms with van der Waals surface area (Å²) in [4.78, 5) is 3.90. The van der Waals surface area contributed by atoms with Gasteiger partial charge < -0.3 is 15.5 Å². The largest absolute Gasteiger partial charge is 0.424 e. The molecule has 3 N–H and O–H groups in total. The van der Waals surface area contributed by atoms with Gasteiger partial charge in [0, 0.05) is 0 Å². The Hall–Kier alpha value is -1.03. The van der Waals surface area contributed by atoms with E-state index in [-0.39, 0.29) is 0 Å². The number of nitrogens with one attached hydrogen (secondary N) is 1. The number of oxazole rings is 1. The minimum atomic E-state index is 0.368. The first-order valence-corrected chi connectivity index (χ1v) is 3.24. The van der Waals surface area contributed by atoms with E-state index in [1.807, 2.05) is 6.92 Å². The summed E-state index contributed by atoms with van der Waals surface area (Å²) < 4.78 is 4.99. The van der Waals surface area contributed by atoms with Gasteiger partial charge in [-0.25, -0.2) is 4.98 Å². The standard InChI is InChI=1S/C6H11N3O/c1-2-8-4-6-9-3-5(7)10-6/h3,8H,2,4,7H2,1H3. The molecule has 0 aliphatic carbocycles. The van der Waals surface area contributed by atoms with E-state index in [1.54, 1.807) is 0 Å². The van der Waals surface area contributed by atoms with E-state index in [9.17, 15) is 0 Å². The van der Waals surface area contributed by atoms with Crippen LogP contribution in [0.15, 0.2) is 10.6 Å². The number of rotatable bonds is 3. The summed E-state index contributed by atoms with van der Waals surface area (Å²) in [5, 5.41) is 3.07. The predicted octanol–water partition coefficient (Wildman–Crippen LogP) is 0.366. The number of hydrogen-bond donors (Lipinski definition) is 2. The smallest absolute Gasteiger partial charge is 0.211 e. The van der Waals surface area contributed by atoms with Gasteiger partial charge in [0.05, 0.1) is 12.7 Å². The monoisotopic (exact) mass is 141 g/mol. The van der Waals surface area contributed by atoms with Crippen LogP contribution in [0.25, 0.3) is 0 Å². The van der Waals surface area contributed by atoms with Crippen LogP contribution in [0.4, 0.5) is 5.88 Å². The van der Waals surface area contributed by atoms with Crippen LogP contribution in [-0.4, -0.2) is 11.5 Å². The lowest BCUT2D eigenvalue weighted by molar-refractivity contribution is 0.486. The maximum atomic E-state index is 5.29. The molecular formula is C6H11N3O. The average Bonchev–Trinajstić information content (AvgIpc) is 2.31. The fraction of sp³-hybridized carbons (Fsp3) is 0.500. The highest BCUT2D eigenvalue weighted by Crippen LogP contribution is 2.02. The third-order valence-electron chi connectivity index (χ3n) is 1.10. The lowest BCUT2D eigenvalue weighted by atomic mass is 10.6. The maximum Gasteiger partial charge on any atom is 0.211 e. The Balaban J connectivity index is 2.42. The van der Waals surface area contributed by atoms with E-state index in [0.717, 1.165) is 6.54 Å². The first-order chi connectivity index (χ1) is 4.83. The van der Waals surface area contributed by atoms with Gasteiger partial charge >= 0.3 is 0 Å². The summed E-state index contributed by atoms with van der Waals surface area (Å²) >= 11 is 0. The average molecular weight is 141 g/mol. The molecule has 0 spiro atoms. The molecule has 0 radical (unpaired) electrons. The van der Waals surface area contributed by atoms with Crippen molar-refractivity contribution >= 4 is 5.88 Å². The molecule has 0 aliphatic rings. The summed E-state index contributed by atoms with van der Waals surface area (Å²) in [5.74, 6) is 1.01. The Morgan fingerprint density at radius 2 is 2.60 bits per heavy atom. The molecule has 10 heavy (non-hydrogen) atoms. The summed E-state index contributed by atoms with van der Waals surface area (Å²) in [5.41, 5.74) is 5.29. The fourth-order valence-corrected chi connectivity index (χ4v) is 0.638. The number of nitrogens with two attached hydrogens (primary N) is 1. The number of aromatic nitrogens is 1. The second-order valence-electron chi connectivity index (χ2n) is 1.94. The van der Waals surface area contributed by atoms with Gasteiger partial charge in [-0.15, -0.1) is 0 Å². The van der Waals surface area contributed by atoms with Crippen LogP contribution in [0.2, 0.25) is 0 Å². The van der Waals surface area contributed by atoms with E-state index in [4.69, 9.17) is 10.2 Å². The molecule has 1 heterocycles. The SMILES string of the molecule is CCNCc1ncc(N)o1. The Bertz CT molecular complexity index is 197. The molecule has 1 aromatic rings. The number of nitrogens with zero attached hydrogens (tertiary/aromatic N) is 1. The first kappa shape index (κ1) is 7.08. The molecule has 0 fully saturated rings. The molecule has 0 unspecified atom stereocenters. The molecule has 0 aliphatic heterocycles. The summed E-state index contributed by atoms with van der Waals surface area (Å²) in [6, 6.07) is 0. The topological polar surface area (TPSA) is 64.1 Å². The van der Waals surface area contributed by atoms with Crippen molar-refractivity contribution in [1.82, 2.24) is 10.3 Å². The molecular weight excluding hydrogens is 130 g/mol. The van der Waals surface area contributed by atoms with Crippen molar-refractivity contribution in [2.45, 2.75) is 13.5 Å². The van der Waals surface area contributed by atoms with Crippen LogP contribution in [0.3, 0.4) is 0 Å². The minimum Gasteiger partial charge on any atom is -0.424 e. The molecule has 0 atom stereocenters. The zero-order valence-corrected chi connectivity index (χ0v) is 5.92. The minimum absolute atomic E-state index is 0.368. The van der Waals surface area contributed by atoms with E-state index in [1.165, 1.54) is 6.20 Å². The molecule has 4 heteroatoms. The van der Waals surface area contributed by atoms with Crippen molar-refractivity contribution in [2.24, 2.45) is 0 Å². The Morgan fingerprint density at radius 3 is 3.10 bits per heavy atom. The molecule has 0 amide bonds. The third-order valence-corrected chi connectivity index (χ3v) is 1.10. The third kappa shape index (κ3) is 1.73. The maximum absolute atomic E-state index is 5.29. The van der Waals surface area contributed by atoms with E-state index < -0.39 is 0 Å². The van der Waals surface area contributed by atoms with Crippen molar-refractivity contribution < 1.29 is 4.42 Å². The van der Waals surface area contributed by atoms with E-state index in [2.05, 4.69) is 10.3 Å². The number of nitrogen functional groups attached to an aromatic ring is 1. The molecule has 1 rings (SSSR count). The second-order valence-corrected chi connectivity index (χ2v) is 1.94. The Morgan fingerprint density at radius 1 is 1.80 bits per heavy atom. The quantitative estimate of drug-likeness (QED) is 0.638. The van der Waals surface area contributed by atoms with Gasteiger partial charge in [-0.1, -0.05) is 6.92 Å². The lowest BCUT2D eigenvalue weighted by Gasteiger charge is -1.93. The predicted molar refractivity (Wildman–Crippen MR) is 38.3 cm³/mol. The molecule has 56 valence electrons. The van der Waals surface area contributed by atoms with Crippen LogP contribution in [0, 0.1) is 0 Å². The van der Waals surface area contributed by atoms with Gasteiger partial charge in [0.1, 0.15) is 0 Å². The second kappa shape index (κ2) is 3.22. The molecule has 0 saturated carbocycles. The van der Waals surface area contributed by atoms with Crippen LogP contribution >= 0.6 is 0 Å². The lowest BCUT2D eigenvalue weighted by Crippen LogP contribution is -2.11. The fourth-order valence-electron chi connectivity index (χ4n) is 0.638. The van der Waals surface area contributed by atoms with Crippen molar-refractivity contribution in [2.75, 3.05) is 12.3 Å². The van der Waals surface area contributed by atoms with Crippen molar-refractivity contribution in [1.29, 1.82) is 0 Å². The van der Waals surface area contributed by atoms with Gasteiger partial charge in [-0.3, -0.25) is 0 Å². The molecule has 0 bridgehead atoms. The van der Waals surface area contributed by atoms with E-state index >= 15 is 0 Å². The summed E-state index contributed by atoms with van der Waals surface area (Å²) in [7, 11) is 0. The first-order valence-electron chi connectivity index (χ1n) is 3.24. The van der Waals surface area contributed by atoms with Gasteiger partial charge in [0.25, 0.3) is 0 Å². The van der Waals surface area contributed by atoms with Crippen molar-refractivity contribution in [3.8, 4) is 0 Å². The highest BCUT2D eigenvalue weighted by Gasteiger charge is 1.97. The molecule has 0 aromatic carbocycles. The zero-order valence-electron chi connectivity index (χ0n) is 5.92. The van der Waals surface area contributed by atoms with Crippen LogP contribution < -0.4 is 11.1 Å². The Kier molecular flexibility index (Phi) is 2.28. The Labute approximate surface area is 59.4 Å². The van der Waals surface area contributed by atoms with Crippen molar-refractivity contribution in [3.05, 3.63) is 12.1 Å². The zero-order chi connectivity index (χ0) is 7.40. The summed E-state index contributed by atoms with van der Waals surface area (Å²) in [6.07, 6.45) is 1.51.